The third kappa shape index (κ3) is 4.93. The Morgan fingerprint density at radius 2 is 0.941 bits per heavy atom. The fraction of sp³-hybridized carbons (Fsp3) is 0. The molecule has 0 atom stereocenters. The molecule has 0 aliphatic rings. The van der Waals surface area contributed by atoms with Crippen LogP contribution in [0.5, 0.6) is 0 Å². The number of rotatable bonds is 6. The second-order valence-electron chi connectivity index (χ2n) is 12.9. The van der Waals surface area contributed by atoms with Crippen LogP contribution in [-0.2, 0) is 0 Å². The average Bonchev–Trinajstić information content (AvgIpc) is 3.74. The first-order valence-corrected chi connectivity index (χ1v) is 18.2. The predicted molar refractivity (Wildman–Crippen MR) is 219 cm³/mol. The normalized spacial score (nSPS) is 11.5. The van der Waals surface area contributed by atoms with Crippen molar-refractivity contribution in [2.45, 2.75) is 0 Å². The number of aromatic nitrogens is 1. The van der Waals surface area contributed by atoms with Gasteiger partial charge in [0.05, 0.1) is 21.4 Å². The molecule has 2 heterocycles. The summed E-state index contributed by atoms with van der Waals surface area (Å²) in [4.78, 5) is 3.68. The lowest BCUT2D eigenvalue weighted by Crippen LogP contribution is -2.10. The first kappa shape index (κ1) is 29.5. The topological polar surface area (TPSA) is 7.65 Å². The molecule has 240 valence electrons. The predicted octanol–water partition coefficient (Wildman–Crippen LogP) is 13.9. The van der Waals surface area contributed by atoms with Crippen molar-refractivity contribution in [2.75, 3.05) is 4.90 Å². The van der Waals surface area contributed by atoms with Gasteiger partial charge in [-0.15, -0.1) is 11.3 Å². The number of benzene rings is 8. The van der Waals surface area contributed by atoms with Crippen LogP contribution < -0.4 is 4.90 Å². The van der Waals surface area contributed by atoms with Crippen molar-refractivity contribution in [1.82, 2.24) is 4.40 Å². The number of nitrogens with zero attached hydrogens (tertiary/aromatic N) is 2. The number of fused-ring (bicyclic) bond motifs is 6. The fourth-order valence-electron chi connectivity index (χ4n) is 7.63. The average molecular weight is 669 g/mol. The molecule has 0 amide bonds. The lowest BCUT2D eigenvalue weighted by atomic mass is 9.98. The van der Waals surface area contributed by atoms with E-state index in [0.717, 1.165) is 17.1 Å². The molecule has 0 bridgehead atoms. The van der Waals surface area contributed by atoms with Crippen LogP contribution in [0.15, 0.2) is 194 Å². The highest BCUT2D eigenvalue weighted by Gasteiger charge is 2.22. The SMILES string of the molecule is c1ccc(-c2ccc(N(c3ccc(-c4cccc5ccccc45)cc3)c3cccc4c3sc3c(-c5ccccc5)c5ccccc5n34)cc2)cc1. The van der Waals surface area contributed by atoms with Crippen LogP contribution in [0.2, 0.25) is 0 Å². The van der Waals surface area contributed by atoms with Crippen LogP contribution in [0.3, 0.4) is 0 Å². The quantitative estimate of drug-likeness (QED) is 0.171. The van der Waals surface area contributed by atoms with Crippen LogP contribution in [0.1, 0.15) is 0 Å². The highest BCUT2D eigenvalue weighted by atomic mass is 32.1. The minimum atomic E-state index is 1.12. The van der Waals surface area contributed by atoms with Crippen molar-refractivity contribution in [3.05, 3.63) is 194 Å². The molecule has 0 spiro atoms. The van der Waals surface area contributed by atoms with Gasteiger partial charge < -0.3 is 4.90 Å². The van der Waals surface area contributed by atoms with Crippen LogP contribution >= 0.6 is 11.3 Å². The molecule has 3 heteroatoms. The summed E-state index contributed by atoms with van der Waals surface area (Å²) in [6.07, 6.45) is 0. The molecule has 0 aliphatic carbocycles. The monoisotopic (exact) mass is 668 g/mol. The van der Waals surface area contributed by atoms with E-state index in [1.807, 2.05) is 11.3 Å². The first-order valence-electron chi connectivity index (χ1n) is 17.4. The van der Waals surface area contributed by atoms with E-state index >= 15 is 0 Å². The summed E-state index contributed by atoms with van der Waals surface area (Å²) in [6, 6.07) is 70.2. The van der Waals surface area contributed by atoms with Crippen molar-refractivity contribution in [1.29, 1.82) is 0 Å². The largest absolute Gasteiger partial charge is 0.309 e. The molecule has 10 rings (SSSR count). The summed E-state index contributed by atoms with van der Waals surface area (Å²) < 4.78 is 3.71. The van der Waals surface area contributed by atoms with Crippen molar-refractivity contribution in [3.8, 4) is 33.4 Å². The second kappa shape index (κ2) is 12.2. The third-order valence-electron chi connectivity index (χ3n) is 10.0. The zero-order valence-electron chi connectivity index (χ0n) is 27.8. The maximum absolute atomic E-state index is 2.46. The maximum atomic E-state index is 2.46. The van der Waals surface area contributed by atoms with E-state index in [0.29, 0.717) is 0 Å². The summed E-state index contributed by atoms with van der Waals surface area (Å²) in [5, 5.41) is 3.80. The lowest BCUT2D eigenvalue weighted by Gasteiger charge is -2.26. The molecule has 0 radical (unpaired) electrons. The summed E-state index contributed by atoms with van der Waals surface area (Å²) >= 11 is 1.88. The molecular formula is C48H32N2S. The Kier molecular flexibility index (Phi) is 7.04. The highest BCUT2D eigenvalue weighted by molar-refractivity contribution is 7.25. The number of para-hydroxylation sites is 1. The minimum absolute atomic E-state index is 1.12. The molecule has 0 saturated heterocycles. The molecule has 0 saturated carbocycles. The van der Waals surface area contributed by atoms with Crippen molar-refractivity contribution >= 4 is 65.1 Å². The van der Waals surface area contributed by atoms with Gasteiger partial charge in [-0.25, -0.2) is 0 Å². The molecule has 0 unspecified atom stereocenters. The van der Waals surface area contributed by atoms with Crippen molar-refractivity contribution in [3.63, 3.8) is 0 Å². The Labute approximate surface area is 300 Å². The van der Waals surface area contributed by atoms with E-state index in [2.05, 4.69) is 203 Å². The van der Waals surface area contributed by atoms with Gasteiger partial charge in [-0.1, -0.05) is 152 Å². The molecule has 51 heavy (non-hydrogen) atoms. The zero-order chi connectivity index (χ0) is 33.7. The van der Waals surface area contributed by atoms with E-state index < -0.39 is 0 Å². The van der Waals surface area contributed by atoms with E-state index in [4.69, 9.17) is 0 Å². The van der Waals surface area contributed by atoms with E-state index in [1.165, 1.54) is 70.1 Å². The number of hydrogen-bond acceptors (Lipinski definition) is 2. The zero-order valence-corrected chi connectivity index (χ0v) is 28.6. The Bertz CT molecular complexity index is 2820. The molecule has 0 aliphatic heterocycles. The van der Waals surface area contributed by atoms with Crippen molar-refractivity contribution in [2.24, 2.45) is 0 Å². The van der Waals surface area contributed by atoms with Gasteiger partial charge in [-0.2, -0.15) is 0 Å². The lowest BCUT2D eigenvalue weighted by molar-refractivity contribution is 1.29. The number of anilines is 3. The standard InChI is InChI=1S/C48H32N2S/c1-3-13-33(14-4-1)34-25-29-38(30-26-34)49(39-31-27-36(28-32-39)41-21-11-18-35-15-7-8-19-40(35)41)44-23-12-24-45-47(44)51-48-46(37-16-5-2-6-17-37)42-20-9-10-22-43(42)50(45)48/h1-32H. The number of thiazole rings is 1. The van der Waals surface area contributed by atoms with Gasteiger partial charge >= 0.3 is 0 Å². The Morgan fingerprint density at radius 1 is 0.392 bits per heavy atom. The Morgan fingerprint density at radius 3 is 1.69 bits per heavy atom. The van der Waals surface area contributed by atoms with Crippen molar-refractivity contribution < 1.29 is 0 Å². The van der Waals surface area contributed by atoms with Gasteiger partial charge in [0.15, 0.2) is 0 Å². The maximum Gasteiger partial charge on any atom is 0.109 e. The molecule has 10 aromatic rings. The van der Waals surface area contributed by atoms with E-state index in [1.54, 1.807) is 0 Å². The Hall–Kier alpha value is -6.42. The Balaban J connectivity index is 1.18. The van der Waals surface area contributed by atoms with Crippen LogP contribution in [0.4, 0.5) is 17.1 Å². The fourth-order valence-corrected chi connectivity index (χ4v) is 8.97. The van der Waals surface area contributed by atoms with Gasteiger partial charge in [0.25, 0.3) is 0 Å². The molecule has 2 nitrogen and oxygen atoms in total. The molecule has 8 aromatic carbocycles. The number of hydrogen-bond donors (Lipinski definition) is 0. The molecule has 2 aromatic heterocycles. The van der Waals surface area contributed by atoms with Gasteiger partial charge in [0.2, 0.25) is 0 Å². The van der Waals surface area contributed by atoms with Gasteiger partial charge in [0, 0.05) is 22.3 Å². The highest BCUT2D eigenvalue weighted by Crippen LogP contribution is 2.47. The van der Waals surface area contributed by atoms with Crippen LogP contribution in [0, 0.1) is 0 Å². The van der Waals surface area contributed by atoms with Crippen LogP contribution in [0.25, 0.3) is 70.1 Å². The summed E-state index contributed by atoms with van der Waals surface area (Å²) in [7, 11) is 0. The minimum Gasteiger partial charge on any atom is -0.309 e. The van der Waals surface area contributed by atoms with E-state index in [9.17, 15) is 0 Å². The summed E-state index contributed by atoms with van der Waals surface area (Å²) in [6.45, 7) is 0. The van der Waals surface area contributed by atoms with Gasteiger partial charge in [0.1, 0.15) is 4.83 Å². The molecular weight excluding hydrogens is 637 g/mol. The van der Waals surface area contributed by atoms with Gasteiger partial charge in [-0.05, 0) is 81.1 Å². The van der Waals surface area contributed by atoms with Crippen LogP contribution in [-0.4, -0.2) is 4.40 Å². The summed E-state index contributed by atoms with van der Waals surface area (Å²) in [5.41, 5.74) is 13.2. The van der Waals surface area contributed by atoms with E-state index in [-0.39, 0.29) is 0 Å². The first-order chi connectivity index (χ1) is 25.3. The smallest absolute Gasteiger partial charge is 0.109 e. The molecule has 0 fully saturated rings. The van der Waals surface area contributed by atoms with Gasteiger partial charge in [-0.3, -0.25) is 4.40 Å². The third-order valence-corrected chi connectivity index (χ3v) is 11.2. The summed E-state index contributed by atoms with van der Waals surface area (Å²) in [5.74, 6) is 0. The molecule has 0 N–H and O–H groups in total. The second-order valence-corrected chi connectivity index (χ2v) is 13.9.